The molecule has 0 aliphatic carbocycles. The van der Waals surface area contributed by atoms with Crippen LogP contribution in [0, 0.1) is 37.5 Å². The van der Waals surface area contributed by atoms with Crippen molar-refractivity contribution in [1.29, 1.82) is 0 Å². The fourth-order valence-corrected chi connectivity index (χ4v) is 7.52. The van der Waals surface area contributed by atoms with E-state index in [1.807, 2.05) is 0 Å². The summed E-state index contributed by atoms with van der Waals surface area (Å²) in [5.41, 5.74) is 5.34. The van der Waals surface area contributed by atoms with Gasteiger partial charge in [0, 0.05) is 0 Å². The van der Waals surface area contributed by atoms with Gasteiger partial charge in [-0.25, -0.2) is 0 Å². The van der Waals surface area contributed by atoms with Gasteiger partial charge in [0.1, 0.15) is 0 Å². The van der Waals surface area contributed by atoms with Crippen LogP contribution in [0.5, 0.6) is 0 Å². The molecule has 0 aliphatic heterocycles. The van der Waals surface area contributed by atoms with Crippen LogP contribution >= 0.6 is 12.4 Å². The maximum absolute atomic E-state index is 2.63. The number of halogens is 1. The summed E-state index contributed by atoms with van der Waals surface area (Å²) >= 11 is -1.41. The predicted octanol–water partition coefficient (Wildman–Crippen LogP) is 6.74. The van der Waals surface area contributed by atoms with Crippen LogP contribution in [0.2, 0.25) is 0 Å². The van der Waals surface area contributed by atoms with Crippen LogP contribution in [0.4, 0.5) is 11.4 Å². The van der Waals surface area contributed by atoms with Crippen molar-refractivity contribution < 1.29 is 37.5 Å². The van der Waals surface area contributed by atoms with E-state index < -0.39 is 37.5 Å². The molecule has 0 radical (unpaired) electrons. The molecule has 0 aliphatic rings. The van der Waals surface area contributed by atoms with Crippen LogP contribution in [-0.2, 0) is 13.1 Å². The van der Waals surface area contributed by atoms with Gasteiger partial charge in [-0.1, -0.05) is 0 Å². The van der Waals surface area contributed by atoms with Crippen LogP contribution < -0.4 is 1.97 Å². The Morgan fingerprint density at radius 1 is 0.433 bits per heavy atom. The van der Waals surface area contributed by atoms with Crippen molar-refractivity contribution in [1.82, 2.24) is 0 Å². The number of hydrogen-bond donors (Lipinski definition) is 0. The molecule has 4 aromatic carbocycles. The molecule has 0 atom stereocenters. The molecule has 4 heteroatoms. The summed E-state index contributed by atoms with van der Waals surface area (Å²) in [5.74, 6) is 0. The van der Waals surface area contributed by atoms with Crippen molar-refractivity contribution in [3.63, 3.8) is 0 Å². The first-order valence-electron chi connectivity index (χ1n) is 9.88. The van der Waals surface area contributed by atoms with Crippen LogP contribution in [0.15, 0.2) is 121 Å². The fraction of sp³-hybridized carbons (Fsp3) is 0.0769. The molecule has 0 bridgehead atoms. The Labute approximate surface area is 207 Å². The van der Waals surface area contributed by atoms with E-state index >= 15 is 0 Å². The molecule has 0 saturated carbocycles. The third-order valence-corrected chi connectivity index (χ3v) is 8.96. The zero-order valence-electron chi connectivity index (χ0n) is 16.8. The summed E-state index contributed by atoms with van der Waals surface area (Å²) in [6, 6.07) is 43.3. The van der Waals surface area contributed by atoms with Crippen LogP contribution in [-0.4, -0.2) is 0 Å². The number of nitrogens with zero attached hydrogens (tertiary/aromatic N) is 2. The molecule has 30 heavy (non-hydrogen) atoms. The summed E-state index contributed by atoms with van der Waals surface area (Å²) < 4.78 is 5.26. The Bertz CT molecular complexity index is 899. The van der Waals surface area contributed by atoms with E-state index in [1.54, 1.807) is 0 Å². The Hall–Kier alpha value is -1.88. The molecule has 0 spiro atoms. The van der Waals surface area contributed by atoms with Crippen molar-refractivity contribution in [2.75, 3.05) is 1.97 Å². The number of anilines is 2. The van der Waals surface area contributed by atoms with Gasteiger partial charge in [0.2, 0.25) is 0 Å². The molecule has 0 heterocycles. The van der Waals surface area contributed by atoms with Gasteiger partial charge >= 0.3 is 196 Å². The summed E-state index contributed by atoms with van der Waals surface area (Å²) in [4.78, 5) is 0. The molecule has 0 fully saturated rings. The predicted molar refractivity (Wildman–Crippen MR) is 125 cm³/mol. The standard InChI is InChI=1S/2C13H12N.ClH.Nd/c2*1-3-7-12(8-4-1)11-14-13-9-5-2-6-10-13;;/h2*1-10H,11H2;1H;/q2*-1;;+2. The second-order valence-corrected chi connectivity index (χ2v) is 11.0. The quantitative estimate of drug-likeness (QED) is 0.242. The zero-order chi connectivity index (χ0) is 19.7. The molecule has 150 valence electrons. The minimum absolute atomic E-state index is 0. The summed E-state index contributed by atoms with van der Waals surface area (Å²) in [6.07, 6.45) is 0. The first-order valence-corrected chi connectivity index (χ1v) is 12.7. The van der Waals surface area contributed by atoms with Crippen LogP contribution in [0.1, 0.15) is 11.1 Å². The zero-order valence-corrected chi connectivity index (χ0v) is 20.8. The SMILES string of the molecule is Cl.c1ccc(C[N]([Nd][N](Cc2ccccc2)c2ccccc2)c2ccccc2)cc1. The number of benzene rings is 4. The van der Waals surface area contributed by atoms with Gasteiger partial charge in [-0.2, -0.15) is 0 Å². The molecule has 4 rings (SSSR count). The Balaban J connectivity index is 0.00000256. The van der Waals surface area contributed by atoms with E-state index in [4.69, 9.17) is 0 Å². The Morgan fingerprint density at radius 3 is 1.07 bits per heavy atom. The van der Waals surface area contributed by atoms with Gasteiger partial charge in [-0.05, 0) is 0 Å². The van der Waals surface area contributed by atoms with Gasteiger partial charge in [0.15, 0.2) is 0 Å². The van der Waals surface area contributed by atoms with Gasteiger partial charge in [0.05, 0.1) is 0 Å². The van der Waals surface area contributed by atoms with Gasteiger partial charge in [0.25, 0.3) is 0 Å². The Morgan fingerprint density at radius 2 is 0.733 bits per heavy atom. The van der Waals surface area contributed by atoms with Crippen molar-refractivity contribution in [3.8, 4) is 0 Å². The average Bonchev–Trinajstić information content (AvgIpc) is 2.81. The van der Waals surface area contributed by atoms with Gasteiger partial charge < -0.3 is 0 Å². The van der Waals surface area contributed by atoms with Crippen LogP contribution in [0.25, 0.3) is 0 Å². The minimum atomic E-state index is -1.41. The van der Waals surface area contributed by atoms with Crippen molar-refractivity contribution >= 4 is 23.8 Å². The first kappa shape index (κ1) is 22.8. The summed E-state index contributed by atoms with van der Waals surface area (Å²) in [6.45, 7) is 1.90. The van der Waals surface area contributed by atoms with E-state index in [2.05, 4.69) is 123 Å². The molecule has 0 N–H and O–H groups in total. The molecule has 4 aromatic rings. The second-order valence-electron chi connectivity index (χ2n) is 6.91. The molecule has 2 nitrogen and oxygen atoms in total. The number of hydrogen-bond acceptors (Lipinski definition) is 2. The van der Waals surface area contributed by atoms with E-state index in [1.165, 1.54) is 22.5 Å². The molecular formula is C26H25ClN2Nd. The summed E-state index contributed by atoms with van der Waals surface area (Å²) in [7, 11) is 0. The third-order valence-electron chi connectivity index (χ3n) is 4.74. The summed E-state index contributed by atoms with van der Waals surface area (Å²) in [5, 5.41) is 0. The number of para-hydroxylation sites is 2. The van der Waals surface area contributed by atoms with E-state index in [9.17, 15) is 0 Å². The van der Waals surface area contributed by atoms with Crippen molar-refractivity contribution in [2.45, 2.75) is 13.1 Å². The van der Waals surface area contributed by atoms with E-state index in [-0.39, 0.29) is 12.4 Å². The molecule has 0 saturated heterocycles. The molecule has 0 amide bonds. The fourth-order valence-electron chi connectivity index (χ4n) is 3.26. The number of rotatable bonds is 8. The Kier molecular flexibility index (Phi) is 9.19. The molecule has 0 aromatic heterocycles. The van der Waals surface area contributed by atoms with E-state index in [0.29, 0.717) is 0 Å². The van der Waals surface area contributed by atoms with Crippen LogP contribution in [0.3, 0.4) is 0 Å². The van der Waals surface area contributed by atoms with Crippen molar-refractivity contribution in [3.05, 3.63) is 132 Å². The van der Waals surface area contributed by atoms with Crippen molar-refractivity contribution in [2.24, 2.45) is 0 Å². The monoisotopic (exact) mass is 542 g/mol. The second kappa shape index (κ2) is 12.1. The normalized spacial score (nSPS) is 10.0. The molecule has 0 unspecified atom stereocenters. The topological polar surface area (TPSA) is 6.48 Å². The third kappa shape index (κ3) is 6.56. The first-order chi connectivity index (χ1) is 14.4. The van der Waals surface area contributed by atoms with Gasteiger partial charge in [-0.3, -0.25) is 0 Å². The van der Waals surface area contributed by atoms with E-state index in [0.717, 1.165) is 13.1 Å². The van der Waals surface area contributed by atoms with Gasteiger partial charge in [-0.15, -0.1) is 12.4 Å². The average molecular weight is 545 g/mol. The molecular weight excluding hydrogens is 520 g/mol. The maximum atomic E-state index is 2.63.